The molecule has 2 nitrogen and oxygen atoms in total. The molecule has 0 aliphatic carbocycles. The van der Waals surface area contributed by atoms with Crippen molar-refractivity contribution in [1.29, 1.82) is 0 Å². The normalized spacial score (nSPS) is 11.6. The van der Waals surface area contributed by atoms with Crippen LogP contribution in [0.1, 0.15) is 22.2 Å². The molecule has 0 N–H and O–H groups in total. The van der Waals surface area contributed by atoms with Gasteiger partial charge >= 0.3 is 0 Å². The number of aromatic nitrogens is 2. The summed E-state index contributed by atoms with van der Waals surface area (Å²) in [6.45, 7) is 0.0646. The Labute approximate surface area is 220 Å². The zero-order chi connectivity index (χ0) is 25.4. The van der Waals surface area contributed by atoms with Gasteiger partial charge in [0.1, 0.15) is 0 Å². The molecule has 1 radical (unpaired) electrons. The second-order valence-corrected chi connectivity index (χ2v) is 7.47. The fraction of sp³-hybridized carbons (Fsp3) is 0.0968. The standard InChI is InChI=1S/C19H16N.C12H10N.Ir/c1-2-15-11-12-20-19(13-15)18-10-6-9-17(14-18)16-7-4-3-5-8-16;1-10-7-8-12(13-9-10)11-5-3-2-4-6-11;/h3-9,11-14H,2H2,1H3;2-5,7-9H,1H3;/q2*-1;/i;1D3;. The third kappa shape index (κ3) is 6.81. The third-order valence-electron chi connectivity index (χ3n) is 5.17. The maximum Gasteiger partial charge on any atom is 0.0280 e. The predicted octanol–water partition coefficient (Wildman–Crippen LogP) is 7.63. The van der Waals surface area contributed by atoms with Gasteiger partial charge < -0.3 is 9.97 Å². The Hall–Kier alpha value is -3.39. The minimum absolute atomic E-state index is 0. The van der Waals surface area contributed by atoms with Gasteiger partial charge in [-0.15, -0.1) is 71.3 Å². The van der Waals surface area contributed by atoms with E-state index in [-0.39, 0.29) is 25.7 Å². The van der Waals surface area contributed by atoms with Crippen LogP contribution in [0.3, 0.4) is 0 Å². The molecule has 2 aromatic heterocycles. The van der Waals surface area contributed by atoms with Gasteiger partial charge in [0.2, 0.25) is 0 Å². The Morgan fingerprint density at radius 3 is 2.26 bits per heavy atom. The molecule has 0 fully saturated rings. The first-order valence-electron chi connectivity index (χ1n) is 12.4. The number of rotatable bonds is 4. The zero-order valence-corrected chi connectivity index (χ0v) is 21.2. The number of pyridine rings is 2. The summed E-state index contributed by atoms with van der Waals surface area (Å²) in [4.78, 5) is 8.59. The van der Waals surface area contributed by atoms with Crippen LogP contribution in [0.15, 0.2) is 109 Å². The van der Waals surface area contributed by atoms with E-state index >= 15 is 0 Å². The molecule has 2 heterocycles. The average Bonchev–Trinajstić information content (AvgIpc) is 2.94. The van der Waals surface area contributed by atoms with Crippen molar-refractivity contribution < 1.29 is 24.2 Å². The van der Waals surface area contributed by atoms with Gasteiger partial charge in [-0.3, -0.25) is 0 Å². The van der Waals surface area contributed by atoms with E-state index in [1.807, 2.05) is 36.5 Å². The molecule has 0 unspecified atom stereocenters. The summed E-state index contributed by atoms with van der Waals surface area (Å²) in [5.74, 6) is 0. The SMILES string of the molecule is CCc1ccnc(-c2[c-]ccc(-c3ccccc3)c2)c1.[2H]C([2H])([2H])c1ccc(-c2[c-]cccc2)nc1.[Ir]. The van der Waals surface area contributed by atoms with Gasteiger partial charge in [-0.25, -0.2) is 0 Å². The molecular weight excluding hydrogens is 593 g/mol. The van der Waals surface area contributed by atoms with Gasteiger partial charge in [0.05, 0.1) is 0 Å². The van der Waals surface area contributed by atoms with E-state index in [1.54, 1.807) is 18.2 Å². The Kier molecular flexibility index (Phi) is 7.93. The second-order valence-electron chi connectivity index (χ2n) is 7.47. The van der Waals surface area contributed by atoms with Gasteiger partial charge in [0.25, 0.3) is 0 Å². The molecule has 0 aliphatic rings. The Bertz CT molecular complexity index is 1390. The van der Waals surface area contributed by atoms with Gasteiger partial charge in [0, 0.05) is 36.6 Å². The van der Waals surface area contributed by atoms with Crippen molar-refractivity contribution in [1.82, 2.24) is 9.97 Å². The molecule has 0 saturated carbocycles. The van der Waals surface area contributed by atoms with E-state index in [2.05, 4.69) is 77.6 Å². The molecule has 5 aromatic rings. The number of nitrogens with zero attached hydrogens (tertiary/aromatic N) is 2. The molecule has 3 heteroatoms. The third-order valence-corrected chi connectivity index (χ3v) is 5.17. The minimum Gasteiger partial charge on any atom is -0.305 e. The van der Waals surface area contributed by atoms with E-state index < -0.39 is 6.85 Å². The summed E-state index contributed by atoms with van der Waals surface area (Å²) in [6.07, 6.45) is 4.29. The molecule has 0 spiro atoms. The zero-order valence-electron chi connectivity index (χ0n) is 21.8. The van der Waals surface area contributed by atoms with Crippen molar-refractivity contribution in [2.75, 3.05) is 0 Å². The van der Waals surface area contributed by atoms with Crippen molar-refractivity contribution in [2.24, 2.45) is 0 Å². The maximum atomic E-state index is 7.23. The first-order chi connectivity index (χ1) is 17.4. The van der Waals surface area contributed by atoms with Crippen LogP contribution in [0.25, 0.3) is 33.6 Å². The molecule has 0 saturated heterocycles. The van der Waals surface area contributed by atoms with E-state index in [9.17, 15) is 0 Å². The van der Waals surface area contributed by atoms with Crippen molar-refractivity contribution in [3.05, 3.63) is 133 Å². The summed E-state index contributed by atoms with van der Waals surface area (Å²) >= 11 is 0. The van der Waals surface area contributed by atoms with Crippen LogP contribution in [0.2, 0.25) is 0 Å². The van der Waals surface area contributed by atoms with Crippen molar-refractivity contribution in [3.63, 3.8) is 0 Å². The van der Waals surface area contributed by atoms with E-state index in [4.69, 9.17) is 4.11 Å². The maximum absolute atomic E-state index is 7.23. The number of hydrogen-bond donors (Lipinski definition) is 0. The van der Waals surface area contributed by atoms with Crippen LogP contribution < -0.4 is 0 Å². The summed E-state index contributed by atoms with van der Waals surface area (Å²) in [6, 6.07) is 37.9. The number of hydrogen-bond acceptors (Lipinski definition) is 2. The fourth-order valence-corrected chi connectivity index (χ4v) is 3.37. The summed E-state index contributed by atoms with van der Waals surface area (Å²) in [7, 11) is 0. The molecule has 0 atom stereocenters. The van der Waals surface area contributed by atoms with Crippen LogP contribution >= 0.6 is 0 Å². The first kappa shape index (κ1) is 21.2. The smallest absolute Gasteiger partial charge is 0.0280 e. The molecule has 5 rings (SSSR count). The fourth-order valence-electron chi connectivity index (χ4n) is 3.37. The van der Waals surface area contributed by atoms with Crippen LogP contribution in [0, 0.1) is 19.0 Å². The van der Waals surface area contributed by atoms with Gasteiger partial charge in [-0.2, -0.15) is 0 Å². The van der Waals surface area contributed by atoms with Crippen LogP contribution in [0.5, 0.6) is 0 Å². The number of aryl methyl sites for hydroxylation is 2. The number of benzene rings is 3. The Morgan fingerprint density at radius 2 is 1.56 bits per heavy atom. The Balaban J connectivity index is 0.000000205. The molecule has 0 aliphatic heterocycles. The summed E-state index contributed by atoms with van der Waals surface area (Å²) < 4.78 is 21.7. The van der Waals surface area contributed by atoms with Crippen molar-refractivity contribution >= 4 is 0 Å². The summed E-state index contributed by atoms with van der Waals surface area (Å²) in [5, 5.41) is 0. The second kappa shape index (κ2) is 12.7. The molecule has 34 heavy (non-hydrogen) atoms. The van der Waals surface area contributed by atoms with E-state index in [0.717, 1.165) is 28.9 Å². The molecular formula is C31H26IrN2-2. The van der Waals surface area contributed by atoms with Crippen molar-refractivity contribution in [3.8, 4) is 33.6 Å². The minimum atomic E-state index is -2.09. The molecule has 171 valence electrons. The quantitative estimate of drug-likeness (QED) is 0.193. The van der Waals surface area contributed by atoms with Crippen LogP contribution in [-0.2, 0) is 26.5 Å². The predicted molar refractivity (Wildman–Crippen MR) is 137 cm³/mol. The van der Waals surface area contributed by atoms with Gasteiger partial charge in [-0.1, -0.05) is 61.0 Å². The Morgan fingerprint density at radius 1 is 0.735 bits per heavy atom. The topological polar surface area (TPSA) is 25.8 Å². The average molecular weight is 622 g/mol. The van der Waals surface area contributed by atoms with Gasteiger partial charge in [0.15, 0.2) is 0 Å². The van der Waals surface area contributed by atoms with Gasteiger partial charge in [-0.05, 0) is 41.9 Å². The summed E-state index contributed by atoms with van der Waals surface area (Å²) in [5.41, 5.74) is 7.59. The van der Waals surface area contributed by atoms with Crippen molar-refractivity contribution in [2.45, 2.75) is 20.2 Å². The van der Waals surface area contributed by atoms with Crippen LogP contribution in [-0.4, -0.2) is 9.97 Å². The monoisotopic (exact) mass is 622 g/mol. The van der Waals surface area contributed by atoms with Crippen LogP contribution in [0.4, 0.5) is 0 Å². The van der Waals surface area contributed by atoms with E-state index in [1.165, 1.54) is 22.9 Å². The largest absolute Gasteiger partial charge is 0.305 e. The molecule has 0 amide bonds. The first-order valence-corrected chi connectivity index (χ1v) is 10.9. The van der Waals surface area contributed by atoms with E-state index in [0.29, 0.717) is 0 Å². The molecule has 3 aromatic carbocycles. The molecule has 0 bridgehead atoms.